The normalized spacial score (nSPS) is 32.8. The molecule has 0 aromatic heterocycles. The van der Waals surface area contributed by atoms with Gasteiger partial charge in [0.05, 0.1) is 0 Å². The fourth-order valence-corrected chi connectivity index (χ4v) is 5.13. The van der Waals surface area contributed by atoms with Crippen LogP contribution in [0, 0.1) is 23.7 Å². The van der Waals surface area contributed by atoms with Crippen molar-refractivity contribution >= 4 is 6.29 Å². The Morgan fingerprint density at radius 1 is 0.818 bits per heavy atom. The van der Waals surface area contributed by atoms with E-state index >= 15 is 0 Å². The van der Waals surface area contributed by atoms with Gasteiger partial charge in [0, 0.05) is 5.92 Å². The highest BCUT2D eigenvalue weighted by Crippen LogP contribution is 2.35. The molecule has 0 spiro atoms. The summed E-state index contributed by atoms with van der Waals surface area (Å²) >= 11 is 0. The molecule has 0 N–H and O–H groups in total. The molecule has 1 nitrogen and oxygen atoms in total. The van der Waals surface area contributed by atoms with E-state index in [1.807, 2.05) is 0 Å². The lowest BCUT2D eigenvalue weighted by Gasteiger charge is -2.29. The molecule has 0 saturated heterocycles. The van der Waals surface area contributed by atoms with Crippen LogP contribution in [0.25, 0.3) is 0 Å². The highest BCUT2D eigenvalue weighted by molar-refractivity contribution is 5.54. The predicted octanol–water partition coefficient (Wildman–Crippen LogP) is 6.55. The molecule has 1 heteroatoms. The lowest BCUT2D eigenvalue weighted by Crippen LogP contribution is -2.20. The summed E-state index contributed by atoms with van der Waals surface area (Å²) in [5.74, 6) is 3.18. The van der Waals surface area contributed by atoms with E-state index in [9.17, 15) is 4.79 Å². The van der Waals surface area contributed by atoms with E-state index in [1.54, 1.807) is 0 Å². The second-order valence-corrected chi connectivity index (χ2v) is 8.17. The van der Waals surface area contributed by atoms with Crippen molar-refractivity contribution in [1.29, 1.82) is 0 Å². The van der Waals surface area contributed by atoms with E-state index in [2.05, 4.69) is 6.92 Å². The number of unbranched alkanes of at least 4 members (excludes halogenated alkanes) is 2. The smallest absolute Gasteiger partial charge is 0.123 e. The molecule has 2 rings (SSSR count). The minimum absolute atomic E-state index is 0.391. The summed E-state index contributed by atoms with van der Waals surface area (Å²) in [5.41, 5.74) is 0. The molecule has 0 amide bonds. The molecule has 0 heterocycles. The molecule has 0 aromatic carbocycles. The van der Waals surface area contributed by atoms with Crippen LogP contribution >= 0.6 is 0 Å². The fraction of sp³-hybridized carbons (Fsp3) is 0.952. The van der Waals surface area contributed by atoms with E-state index in [4.69, 9.17) is 0 Å². The van der Waals surface area contributed by atoms with Gasteiger partial charge in [0.1, 0.15) is 6.29 Å². The summed E-state index contributed by atoms with van der Waals surface area (Å²) in [5, 5.41) is 0. The Morgan fingerprint density at radius 2 is 1.55 bits per heavy atom. The maximum Gasteiger partial charge on any atom is 0.123 e. The summed E-state index contributed by atoms with van der Waals surface area (Å²) < 4.78 is 0. The van der Waals surface area contributed by atoms with Gasteiger partial charge in [-0.1, -0.05) is 77.6 Å². The molecule has 2 aliphatic rings. The van der Waals surface area contributed by atoms with Crippen LogP contribution in [0.2, 0.25) is 0 Å². The first kappa shape index (κ1) is 18.0. The van der Waals surface area contributed by atoms with E-state index in [1.165, 1.54) is 96.2 Å². The van der Waals surface area contributed by atoms with Gasteiger partial charge in [-0.05, 0) is 43.4 Å². The topological polar surface area (TPSA) is 17.1 Å². The zero-order chi connectivity index (χ0) is 15.6. The van der Waals surface area contributed by atoms with Crippen LogP contribution in [-0.4, -0.2) is 6.29 Å². The van der Waals surface area contributed by atoms with Crippen molar-refractivity contribution in [2.45, 2.75) is 103 Å². The third kappa shape index (κ3) is 6.05. The summed E-state index contributed by atoms with van der Waals surface area (Å²) in [6, 6.07) is 0. The molecule has 2 fully saturated rings. The second kappa shape index (κ2) is 10.4. The third-order valence-electron chi connectivity index (χ3n) is 6.42. The van der Waals surface area contributed by atoms with Gasteiger partial charge in [-0.25, -0.2) is 0 Å². The molecule has 0 aliphatic heterocycles. The number of aldehydes is 1. The van der Waals surface area contributed by atoms with Gasteiger partial charge in [-0.3, -0.25) is 0 Å². The molecule has 0 bridgehead atoms. The van der Waals surface area contributed by atoms with Gasteiger partial charge in [-0.15, -0.1) is 0 Å². The average Bonchev–Trinajstić information content (AvgIpc) is 2.55. The SMILES string of the molecule is CCCC1CCCC(CCCCCC2CCCCC2C=O)C1. The Hall–Kier alpha value is -0.330. The number of carbonyl (C=O) groups excluding carboxylic acids is 1. The van der Waals surface area contributed by atoms with E-state index in [0.717, 1.165) is 24.2 Å². The summed E-state index contributed by atoms with van der Waals surface area (Å²) in [7, 11) is 0. The zero-order valence-corrected chi connectivity index (χ0v) is 14.9. The largest absolute Gasteiger partial charge is 0.303 e. The highest BCUT2D eigenvalue weighted by atomic mass is 16.1. The molecule has 22 heavy (non-hydrogen) atoms. The van der Waals surface area contributed by atoms with Gasteiger partial charge in [0.25, 0.3) is 0 Å². The van der Waals surface area contributed by atoms with Gasteiger partial charge >= 0.3 is 0 Å². The monoisotopic (exact) mass is 306 g/mol. The van der Waals surface area contributed by atoms with Crippen molar-refractivity contribution < 1.29 is 4.79 Å². The molecule has 4 atom stereocenters. The maximum atomic E-state index is 11.1. The van der Waals surface area contributed by atoms with Crippen LogP contribution in [0.4, 0.5) is 0 Å². The molecule has 128 valence electrons. The Morgan fingerprint density at radius 3 is 2.32 bits per heavy atom. The van der Waals surface area contributed by atoms with Crippen LogP contribution in [0.5, 0.6) is 0 Å². The minimum Gasteiger partial charge on any atom is -0.303 e. The molecule has 0 aromatic rings. The molecular weight excluding hydrogens is 268 g/mol. The molecule has 2 saturated carbocycles. The van der Waals surface area contributed by atoms with E-state index in [-0.39, 0.29) is 0 Å². The summed E-state index contributed by atoms with van der Waals surface area (Å²) in [4.78, 5) is 11.1. The lowest BCUT2D eigenvalue weighted by molar-refractivity contribution is -0.113. The standard InChI is InChI=1S/C21H38O/c1-2-9-18-11-8-12-19(16-18)10-4-3-5-13-20-14-6-7-15-21(20)17-22/h17-21H,2-16H2,1H3. The number of carbonyl (C=O) groups is 1. The van der Waals surface area contributed by atoms with E-state index < -0.39 is 0 Å². The first-order valence-corrected chi connectivity index (χ1v) is 10.3. The second-order valence-electron chi connectivity index (χ2n) is 8.17. The highest BCUT2D eigenvalue weighted by Gasteiger charge is 2.24. The molecule has 0 radical (unpaired) electrons. The quantitative estimate of drug-likeness (QED) is 0.349. The number of hydrogen-bond acceptors (Lipinski definition) is 1. The van der Waals surface area contributed by atoms with Crippen molar-refractivity contribution in [2.24, 2.45) is 23.7 Å². The van der Waals surface area contributed by atoms with Crippen LogP contribution in [0.3, 0.4) is 0 Å². The Labute approximate surface area is 138 Å². The molecular formula is C21H38O. The molecule has 2 aliphatic carbocycles. The fourth-order valence-electron chi connectivity index (χ4n) is 5.13. The lowest BCUT2D eigenvalue weighted by atomic mass is 9.76. The summed E-state index contributed by atoms with van der Waals surface area (Å²) in [6.45, 7) is 2.33. The van der Waals surface area contributed by atoms with E-state index in [0.29, 0.717) is 5.92 Å². The van der Waals surface area contributed by atoms with Crippen LogP contribution in [0.1, 0.15) is 103 Å². The van der Waals surface area contributed by atoms with Crippen LogP contribution in [0.15, 0.2) is 0 Å². The minimum atomic E-state index is 0.391. The van der Waals surface area contributed by atoms with Crippen LogP contribution < -0.4 is 0 Å². The van der Waals surface area contributed by atoms with Crippen molar-refractivity contribution in [3.05, 3.63) is 0 Å². The van der Waals surface area contributed by atoms with Crippen molar-refractivity contribution in [3.63, 3.8) is 0 Å². The van der Waals surface area contributed by atoms with Gasteiger partial charge in [-0.2, -0.15) is 0 Å². The Balaban J connectivity index is 1.54. The Kier molecular flexibility index (Phi) is 8.55. The van der Waals surface area contributed by atoms with Crippen LogP contribution in [-0.2, 0) is 4.79 Å². The van der Waals surface area contributed by atoms with Crippen molar-refractivity contribution in [3.8, 4) is 0 Å². The third-order valence-corrected chi connectivity index (χ3v) is 6.42. The average molecular weight is 307 g/mol. The van der Waals surface area contributed by atoms with Gasteiger partial charge in [0.2, 0.25) is 0 Å². The van der Waals surface area contributed by atoms with Crippen molar-refractivity contribution in [1.82, 2.24) is 0 Å². The molecule has 4 unspecified atom stereocenters. The predicted molar refractivity (Wildman–Crippen MR) is 95.0 cm³/mol. The first-order chi connectivity index (χ1) is 10.8. The summed E-state index contributed by atoms with van der Waals surface area (Å²) in [6.07, 6.45) is 22.2. The number of hydrogen-bond donors (Lipinski definition) is 0. The van der Waals surface area contributed by atoms with Gasteiger partial charge in [0.15, 0.2) is 0 Å². The first-order valence-electron chi connectivity index (χ1n) is 10.3. The van der Waals surface area contributed by atoms with Crippen molar-refractivity contribution in [2.75, 3.05) is 0 Å². The Bertz CT molecular complexity index is 296. The number of rotatable bonds is 9. The maximum absolute atomic E-state index is 11.1. The van der Waals surface area contributed by atoms with Gasteiger partial charge < -0.3 is 4.79 Å². The zero-order valence-electron chi connectivity index (χ0n) is 14.9.